The molecule has 0 aliphatic heterocycles. The van der Waals surface area contributed by atoms with E-state index in [2.05, 4.69) is 13.8 Å². The van der Waals surface area contributed by atoms with Gasteiger partial charge in [-0.05, 0) is 19.3 Å². The first kappa shape index (κ1) is 21.1. The highest BCUT2D eigenvalue weighted by atomic mass is 16.3. The first-order valence-corrected chi connectivity index (χ1v) is 7.56. The molecule has 0 aliphatic rings. The summed E-state index contributed by atoms with van der Waals surface area (Å²) in [6.07, 6.45) is 6.34. The van der Waals surface area contributed by atoms with Gasteiger partial charge < -0.3 is 20.4 Å². The van der Waals surface area contributed by atoms with Crippen LogP contribution in [-0.4, -0.2) is 46.4 Å². The van der Waals surface area contributed by atoms with Gasteiger partial charge in [0.2, 0.25) is 0 Å². The van der Waals surface area contributed by atoms with Gasteiger partial charge in [0, 0.05) is 5.41 Å². The quantitative estimate of drug-likeness (QED) is 0.493. The van der Waals surface area contributed by atoms with Gasteiger partial charge in [0.05, 0.1) is 25.9 Å². The first-order chi connectivity index (χ1) is 9.05. The summed E-state index contributed by atoms with van der Waals surface area (Å²) in [5.74, 6) is 0. The van der Waals surface area contributed by atoms with Gasteiger partial charge in [-0.2, -0.15) is 0 Å². The van der Waals surface area contributed by atoms with E-state index in [1.807, 2.05) is 6.92 Å². The standard InChI is InChI=1S/C9H20O2.C6H14O2/c1-3-5-6-9(4-2,7-10)8-11;1-2-3-4-6(8)5-7/h10-11H,3-8H2,1-2H3;6-8H,2-5H2,1H3. The van der Waals surface area contributed by atoms with Crippen LogP contribution in [0.25, 0.3) is 0 Å². The van der Waals surface area contributed by atoms with Crippen molar-refractivity contribution in [2.75, 3.05) is 19.8 Å². The highest BCUT2D eigenvalue weighted by Gasteiger charge is 2.25. The highest BCUT2D eigenvalue weighted by Crippen LogP contribution is 2.27. The van der Waals surface area contributed by atoms with Gasteiger partial charge in [-0.15, -0.1) is 0 Å². The van der Waals surface area contributed by atoms with Gasteiger partial charge in [0.1, 0.15) is 0 Å². The van der Waals surface area contributed by atoms with Crippen LogP contribution in [0.5, 0.6) is 0 Å². The first-order valence-electron chi connectivity index (χ1n) is 7.56. The molecular formula is C15H34O4. The van der Waals surface area contributed by atoms with E-state index in [0.717, 1.165) is 44.9 Å². The number of hydrogen-bond donors (Lipinski definition) is 4. The van der Waals surface area contributed by atoms with Crippen molar-refractivity contribution in [2.24, 2.45) is 5.41 Å². The van der Waals surface area contributed by atoms with Crippen LogP contribution in [0, 0.1) is 5.41 Å². The molecule has 19 heavy (non-hydrogen) atoms. The van der Waals surface area contributed by atoms with Crippen LogP contribution in [0.1, 0.15) is 65.7 Å². The van der Waals surface area contributed by atoms with Gasteiger partial charge >= 0.3 is 0 Å². The van der Waals surface area contributed by atoms with E-state index >= 15 is 0 Å². The molecule has 0 rings (SSSR count). The molecule has 118 valence electrons. The zero-order valence-electron chi connectivity index (χ0n) is 12.9. The van der Waals surface area contributed by atoms with Crippen LogP contribution in [0.3, 0.4) is 0 Å². The maximum absolute atomic E-state index is 9.04. The zero-order valence-corrected chi connectivity index (χ0v) is 12.9. The minimum atomic E-state index is -0.491. The summed E-state index contributed by atoms with van der Waals surface area (Å²) in [7, 11) is 0. The SMILES string of the molecule is CCCCC(CC)(CO)CO.CCCCC(O)CO. The molecule has 0 fully saturated rings. The van der Waals surface area contributed by atoms with E-state index in [0.29, 0.717) is 0 Å². The lowest BCUT2D eigenvalue weighted by Gasteiger charge is -2.27. The van der Waals surface area contributed by atoms with Crippen molar-refractivity contribution in [1.29, 1.82) is 0 Å². The van der Waals surface area contributed by atoms with E-state index in [1.165, 1.54) is 0 Å². The molecule has 0 aliphatic carbocycles. The smallest absolute Gasteiger partial charge is 0.0770 e. The zero-order chi connectivity index (χ0) is 15.1. The average Bonchev–Trinajstić information content (AvgIpc) is 2.47. The van der Waals surface area contributed by atoms with Crippen molar-refractivity contribution in [2.45, 2.75) is 71.8 Å². The van der Waals surface area contributed by atoms with Crippen molar-refractivity contribution in [3.63, 3.8) is 0 Å². The Morgan fingerprint density at radius 1 is 0.895 bits per heavy atom. The van der Waals surface area contributed by atoms with Gasteiger partial charge in [0.15, 0.2) is 0 Å². The van der Waals surface area contributed by atoms with Crippen LogP contribution in [0.2, 0.25) is 0 Å². The van der Waals surface area contributed by atoms with Crippen molar-refractivity contribution in [1.82, 2.24) is 0 Å². The fourth-order valence-corrected chi connectivity index (χ4v) is 1.69. The molecule has 0 aromatic rings. The second-order valence-electron chi connectivity index (χ2n) is 5.25. The fourth-order valence-electron chi connectivity index (χ4n) is 1.69. The Labute approximate surface area is 118 Å². The topological polar surface area (TPSA) is 80.9 Å². The van der Waals surface area contributed by atoms with Crippen LogP contribution in [0.4, 0.5) is 0 Å². The predicted molar refractivity (Wildman–Crippen MR) is 79.0 cm³/mol. The lowest BCUT2D eigenvalue weighted by molar-refractivity contribution is 0.0420. The maximum atomic E-state index is 9.04. The van der Waals surface area contributed by atoms with E-state index in [4.69, 9.17) is 20.4 Å². The largest absolute Gasteiger partial charge is 0.396 e. The molecule has 0 heterocycles. The van der Waals surface area contributed by atoms with Crippen LogP contribution in [-0.2, 0) is 0 Å². The highest BCUT2D eigenvalue weighted by molar-refractivity contribution is 4.75. The summed E-state index contributed by atoms with van der Waals surface area (Å²) in [5, 5.41) is 35.1. The monoisotopic (exact) mass is 278 g/mol. The summed E-state index contributed by atoms with van der Waals surface area (Å²) < 4.78 is 0. The molecular weight excluding hydrogens is 244 g/mol. The molecule has 4 heteroatoms. The van der Waals surface area contributed by atoms with Gasteiger partial charge in [-0.3, -0.25) is 0 Å². The number of unbranched alkanes of at least 4 members (excludes halogenated alkanes) is 2. The minimum absolute atomic E-state index is 0.0972. The molecule has 0 aromatic heterocycles. The maximum Gasteiger partial charge on any atom is 0.0770 e. The molecule has 0 aromatic carbocycles. The minimum Gasteiger partial charge on any atom is -0.396 e. The molecule has 4 nitrogen and oxygen atoms in total. The van der Waals surface area contributed by atoms with Gasteiger partial charge in [0.25, 0.3) is 0 Å². The van der Waals surface area contributed by atoms with Crippen molar-refractivity contribution in [3.8, 4) is 0 Å². The third-order valence-electron chi connectivity index (χ3n) is 3.58. The second kappa shape index (κ2) is 14.3. The molecule has 0 bridgehead atoms. The lowest BCUT2D eigenvalue weighted by Crippen LogP contribution is -2.28. The third kappa shape index (κ3) is 11.4. The molecule has 1 unspecified atom stereocenters. The van der Waals surface area contributed by atoms with E-state index < -0.39 is 6.10 Å². The molecule has 4 N–H and O–H groups in total. The number of hydrogen-bond acceptors (Lipinski definition) is 4. The normalized spacial score (nSPS) is 12.8. The molecule has 0 radical (unpaired) electrons. The lowest BCUT2D eigenvalue weighted by atomic mass is 9.82. The Hall–Kier alpha value is -0.160. The molecule has 0 amide bonds. The Kier molecular flexibility index (Phi) is 15.9. The fraction of sp³-hybridized carbons (Fsp3) is 1.00. The third-order valence-corrected chi connectivity index (χ3v) is 3.58. The van der Waals surface area contributed by atoms with Crippen molar-refractivity contribution < 1.29 is 20.4 Å². The summed E-state index contributed by atoms with van der Waals surface area (Å²) in [4.78, 5) is 0. The Morgan fingerprint density at radius 2 is 1.42 bits per heavy atom. The van der Waals surface area contributed by atoms with E-state index in [1.54, 1.807) is 0 Å². The van der Waals surface area contributed by atoms with Gasteiger partial charge in [-0.1, -0.05) is 46.5 Å². The number of rotatable bonds is 10. The van der Waals surface area contributed by atoms with E-state index in [9.17, 15) is 0 Å². The summed E-state index contributed by atoms with van der Waals surface area (Å²) >= 11 is 0. The van der Waals surface area contributed by atoms with Crippen molar-refractivity contribution in [3.05, 3.63) is 0 Å². The van der Waals surface area contributed by atoms with Gasteiger partial charge in [-0.25, -0.2) is 0 Å². The molecule has 0 saturated heterocycles. The summed E-state index contributed by atoms with van der Waals surface area (Å²) in [6, 6.07) is 0. The predicted octanol–water partition coefficient (Wildman–Crippen LogP) is 2.09. The summed E-state index contributed by atoms with van der Waals surface area (Å²) in [5.41, 5.74) is -0.212. The number of aliphatic hydroxyl groups excluding tert-OH is 4. The Bertz CT molecular complexity index is 161. The number of aliphatic hydroxyl groups is 4. The molecule has 0 spiro atoms. The second-order valence-corrected chi connectivity index (χ2v) is 5.25. The van der Waals surface area contributed by atoms with Crippen LogP contribution >= 0.6 is 0 Å². The molecule has 0 saturated carbocycles. The summed E-state index contributed by atoms with van der Waals surface area (Å²) in [6.45, 7) is 6.32. The Balaban J connectivity index is 0. The van der Waals surface area contributed by atoms with Crippen LogP contribution < -0.4 is 0 Å². The van der Waals surface area contributed by atoms with Crippen molar-refractivity contribution >= 4 is 0 Å². The van der Waals surface area contributed by atoms with E-state index in [-0.39, 0.29) is 25.2 Å². The molecule has 1 atom stereocenters. The Morgan fingerprint density at radius 3 is 1.74 bits per heavy atom. The van der Waals surface area contributed by atoms with Crippen LogP contribution in [0.15, 0.2) is 0 Å². The average molecular weight is 278 g/mol.